The molecule has 0 aliphatic carbocycles. The van der Waals surface area contributed by atoms with E-state index in [-0.39, 0.29) is 6.54 Å². The van der Waals surface area contributed by atoms with Gasteiger partial charge in [-0.1, -0.05) is 0 Å². The number of aryl methyl sites for hydroxylation is 1. The molecule has 0 saturated heterocycles. The molecule has 80 valence electrons. The van der Waals surface area contributed by atoms with E-state index in [9.17, 15) is 9.59 Å². The smallest absolute Gasteiger partial charge is 0.312 e. The molecule has 1 rings (SSSR count). The van der Waals surface area contributed by atoms with Crippen LogP contribution >= 0.6 is 0 Å². The number of hydrogen-bond acceptors (Lipinski definition) is 4. The van der Waals surface area contributed by atoms with Crippen molar-refractivity contribution in [3.05, 3.63) is 23.8 Å². The van der Waals surface area contributed by atoms with Gasteiger partial charge in [-0.15, -0.1) is 0 Å². The molecule has 0 aliphatic rings. The highest BCUT2D eigenvalue weighted by atomic mass is 16.4. The topological polar surface area (TPSA) is 92.2 Å². The molecule has 6 nitrogen and oxygen atoms in total. The number of rotatable bonds is 4. The molecule has 0 atom stereocenters. The van der Waals surface area contributed by atoms with E-state index in [4.69, 9.17) is 5.11 Å². The van der Waals surface area contributed by atoms with E-state index >= 15 is 0 Å². The van der Waals surface area contributed by atoms with Gasteiger partial charge in [0.2, 0.25) is 5.91 Å². The Labute approximate surface area is 86.4 Å². The number of hydrogen-bond donors (Lipinski definition) is 2. The van der Waals surface area contributed by atoms with Crippen LogP contribution in [0.15, 0.2) is 12.3 Å². The molecule has 2 N–H and O–H groups in total. The largest absolute Gasteiger partial charge is 0.481 e. The average Bonchev–Trinajstić information content (AvgIpc) is 2.14. The van der Waals surface area contributed by atoms with Crippen LogP contribution < -0.4 is 5.32 Å². The molecule has 15 heavy (non-hydrogen) atoms. The van der Waals surface area contributed by atoms with Crippen molar-refractivity contribution < 1.29 is 14.7 Å². The van der Waals surface area contributed by atoms with Gasteiger partial charge < -0.3 is 10.4 Å². The van der Waals surface area contributed by atoms with E-state index < -0.39 is 18.3 Å². The molecule has 1 heterocycles. The van der Waals surface area contributed by atoms with E-state index in [0.717, 1.165) is 0 Å². The number of carbonyl (C=O) groups is 2. The molecule has 0 fully saturated rings. The first-order valence-electron chi connectivity index (χ1n) is 4.35. The van der Waals surface area contributed by atoms with Gasteiger partial charge in [0.05, 0.1) is 12.2 Å². The fourth-order valence-electron chi connectivity index (χ4n) is 0.993. The molecule has 0 spiro atoms. The van der Waals surface area contributed by atoms with Crippen molar-refractivity contribution >= 4 is 11.9 Å². The number of carboxylic acid groups (broad SMARTS) is 1. The van der Waals surface area contributed by atoms with Crippen LogP contribution in [0.25, 0.3) is 0 Å². The Bertz CT molecular complexity index is 379. The molecule has 0 aromatic carbocycles. The number of carbonyl (C=O) groups excluding carboxylic acids is 1. The number of nitrogens with zero attached hydrogens (tertiary/aromatic N) is 2. The van der Waals surface area contributed by atoms with Crippen LogP contribution in [0.2, 0.25) is 0 Å². The van der Waals surface area contributed by atoms with Crippen molar-refractivity contribution in [1.29, 1.82) is 0 Å². The Morgan fingerprint density at radius 1 is 1.53 bits per heavy atom. The maximum Gasteiger partial charge on any atom is 0.312 e. The first-order chi connectivity index (χ1) is 7.08. The van der Waals surface area contributed by atoms with Crippen molar-refractivity contribution in [3.63, 3.8) is 0 Å². The van der Waals surface area contributed by atoms with E-state index in [1.165, 1.54) is 0 Å². The number of amides is 1. The van der Waals surface area contributed by atoms with Crippen LogP contribution in [-0.2, 0) is 16.1 Å². The van der Waals surface area contributed by atoms with E-state index in [1.54, 1.807) is 19.2 Å². The molecule has 1 amide bonds. The summed E-state index contributed by atoms with van der Waals surface area (Å²) in [5.41, 5.74) is 0.654. The zero-order chi connectivity index (χ0) is 11.3. The minimum atomic E-state index is -1.15. The molecule has 0 unspecified atom stereocenters. The summed E-state index contributed by atoms with van der Waals surface area (Å²) in [6, 6.07) is 1.66. The van der Waals surface area contributed by atoms with Gasteiger partial charge in [0.1, 0.15) is 12.2 Å². The lowest BCUT2D eigenvalue weighted by molar-refractivity contribution is -0.140. The Morgan fingerprint density at radius 2 is 2.27 bits per heavy atom. The highest BCUT2D eigenvalue weighted by molar-refractivity contribution is 5.93. The predicted molar refractivity (Wildman–Crippen MR) is 50.9 cm³/mol. The quantitative estimate of drug-likeness (QED) is 0.674. The summed E-state index contributed by atoms with van der Waals surface area (Å²) in [6.45, 7) is 1.96. The number of aliphatic carboxylic acids is 1. The Hall–Kier alpha value is -1.98. The summed E-state index contributed by atoms with van der Waals surface area (Å²) in [5.74, 6) is -1.06. The first kappa shape index (κ1) is 11.1. The van der Waals surface area contributed by atoms with Crippen molar-refractivity contribution in [2.75, 3.05) is 0 Å². The van der Waals surface area contributed by atoms with E-state index in [0.29, 0.717) is 11.5 Å². The summed E-state index contributed by atoms with van der Waals surface area (Å²) in [6.07, 6.45) is 1.06. The molecule has 0 radical (unpaired) electrons. The fraction of sp³-hybridized carbons (Fsp3) is 0.333. The fourth-order valence-corrected chi connectivity index (χ4v) is 0.993. The van der Waals surface area contributed by atoms with Crippen molar-refractivity contribution in [3.8, 4) is 0 Å². The molecule has 6 heteroatoms. The maximum absolute atomic E-state index is 11.0. The van der Waals surface area contributed by atoms with Crippen LogP contribution in [0.4, 0.5) is 0 Å². The second-order valence-electron chi connectivity index (χ2n) is 2.94. The molecule has 1 aromatic rings. The van der Waals surface area contributed by atoms with Crippen LogP contribution in [-0.4, -0.2) is 27.0 Å². The zero-order valence-corrected chi connectivity index (χ0v) is 8.23. The third-order valence-electron chi connectivity index (χ3n) is 1.61. The number of nitrogens with one attached hydrogen (secondary N) is 1. The third-order valence-corrected chi connectivity index (χ3v) is 1.61. The minimum absolute atomic E-state index is 0.218. The van der Waals surface area contributed by atoms with Crippen LogP contribution in [0, 0.1) is 6.92 Å². The van der Waals surface area contributed by atoms with Crippen molar-refractivity contribution in [2.24, 2.45) is 0 Å². The number of aromatic nitrogens is 2. The highest BCUT2D eigenvalue weighted by Gasteiger charge is 2.06. The molecule has 0 bridgehead atoms. The minimum Gasteiger partial charge on any atom is -0.481 e. The Kier molecular flexibility index (Phi) is 3.73. The normalized spacial score (nSPS) is 9.67. The van der Waals surface area contributed by atoms with Crippen LogP contribution in [0.5, 0.6) is 0 Å². The summed E-state index contributed by atoms with van der Waals surface area (Å²) in [7, 11) is 0. The van der Waals surface area contributed by atoms with E-state index in [1.807, 2.05) is 0 Å². The van der Waals surface area contributed by atoms with E-state index in [2.05, 4.69) is 15.3 Å². The predicted octanol–water partition coefficient (Wildman–Crippen LogP) is -0.124. The maximum atomic E-state index is 11.0. The molecular formula is C9H11N3O3. The lowest BCUT2D eigenvalue weighted by Crippen LogP contribution is -2.25. The van der Waals surface area contributed by atoms with Gasteiger partial charge in [-0.25, -0.2) is 9.97 Å². The molecule has 1 aromatic heterocycles. The summed E-state index contributed by atoms with van der Waals surface area (Å²) >= 11 is 0. The van der Waals surface area contributed by atoms with Gasteiger partial charge >= 0.3 is 5.97 Å². The standard InChI is InChI=1S/C9H11N3O3/c1-6-10-3-2-7(12-6)5-11-8(13)4-9(14)15/h2-3H,4-5H2,1H3,(H,11,13)(H,14,15). The molecule has 0 saturated carbocycles. The summed E-state index contributed by atoms with van der Waals surface area (Å²) < 4.78 is 0. The lowest BCUT2D eigenvalue weighted by Gasteiger charge is -2.02. The second-order valence-corrected chi connectivity index (χ2v) is 2.94. The highest BCUT2D eigenvalue weighted by Crippen LogP contribution is 1.94. The van der Waals surface area contributed by atoms with Gasteiger partial charge in [-0.2, -0.15) is 0 Å². The van der Waals surface area contributed by atoms with Gasteiger partial charge in [-0.3, -0.25) is 9.59 Å². The Morgan fingerprint density at radius 3 is 2.87 bits per heavy atom. The van der Waals surface area contributed by atoms with Crippen molar-refractivity contribution in [2.45, 2.75) is 19.9 Å². The van der Waals surface area contributed by atoms with Crippen LogP contribution in [0.1, 0.15) is 17.9 Å². The third kappa shape index (κ3) is 4.17. The average molecular weight is 209 g/mol. The van der Waals surface area contributed by atoms with Crippen molar-refractivity contribution in [1.82, 2.24) is 15.3 Å². The lowest BCUT2D eigenvalue weighted by atomic mass is 10.3. The van der Waals surface area contributed by atoms with Gasteiger partial charge in [0, 0.05) is 6.20 Å². The summed E-state index contributed by atoms with van der Waals surface area (Å²) in [4.78, 5) is 29.1. The van der Waals surface area contributed by atoms with Gasteiger partial charge in [0.15, 0.2) is 0 Å². The first-order valence-corrected chi connectivity index (χ1v) is 4.35. The van der Waals surface area contributed by atoms with Gasteiger partial charge in [0.25, 0.3) is 0 Å². The Balaban J connectivity index is 2.43. The van der Waals surface area contributed by atoms with Gasteiger partial charge in [-0.05, 0) is 13.0 Å². The SMILES string of the molecule is Cc1nccc(CNC(=O)CC(=O)O)n1. The second kappa shape index (κ2) is 5.04. The monoisotopic (exact) mass is 209 g/mol. The molecule has 0 aliphatic heterocycles. The number of carboxylic acids is 1. The van der Waals surface area contributed by atoms with Crippen LogP contribution in [0.3, 0.4) is 0 Å². The molecular weight excluding hydrogens is 198 g/mol. The zero-order valence-electron chi connectivity index (χ0n) is 8.23. The summed E-state index contributed by atoms with van der Waals surface area (Å²) in [5, 5.41) is 10.8.